The average molecular weight is 425 g/mol. The highest BCUT2D eigenvalue weighted by molar-refractivity contribution is 5.96. The quantitative estimate of drug-likeness (QED) is 0.665. The number of hydrogen-bond donors (Lipinski definition) is 1. The first-order chi connectivity index (χ1) is 15.0. The molecule has 162 valence electrons. The predicted molar refractivity (Wildman–Crippen MR) is 116 cm³/mol. The van der Waals surface area contributed by atoms with E-state index >= 15 is 0 Å². The molecule has 0 spiro atoms. The molecule has 3 aromatic heterocycles. The Hall–Kier alpha value is -2.94. The number of halogens is 2. The van der Waals surface area contributed by atoms with Gasteiger partial charge in [-0.3, -0.25) is 4.99 Å². The topological polar surface area (TPSA) is 70.7 Å². The number of fused-ring (bicyclic) bond motifs is 2. The van der Waals surface area contributed by atoms with E-state index < -0.39 is 12.3 Å². The monoisotopic (exact) mass is 425 g/mol. The Morgan fingerprint density at radius 1 is 1.19 bits per heavy atom. The highest BCUT2D eigenvalue weighted by Gasteiger charge is 2.29. The van der Waals surface area contributed by atoms with Gasteiger partial charge in [-0.15, -0.1) is 5.10 Å². The molecule has 9 heteroatoms. The number of likely N-dealkylation sites (tertiary alicyclic amines) is 1. The van der Waals surface area contributed by atoms with Crippen LogP contribution in [0.3, 0.4) is 0 Å². The molecule has 5 rings (SSSR count). The Balaban J connectivity index is 1.41. The number of aromatic nitrogens is 4. The van der Waals surface area contributed by atoms with Gasteiger partial charge in [0.15, 0.2) is 0 Å². The number of piperidine rings is 1. The average Bonchev–Trinajstić information content (AvgIpc) is 3.30. The Labute approximate surface area is 179 Å². The zero-order valence-corrected chi connectivity index (χ0v) is 17.6. The number of hydrogen-bond acceptors (Lipinski definition) is 6. The van der Waals surface area contributed by atoms with Gasteiger partial charge in [-0.05, 0) is 58.1 Å². The summed E-state index contributed by atoms with van der Waals surface area (Å²) in [6.07, 6.45) is 3.13. The summed E-state index contributed by atoms with van der Waals surface area (Å²) in [4.78, 5) is 16.0. The molecule has 7 nitrogen and oxygen atoms in total. The van der Waals surface area contributed by atoms with Crippen molar-refractivity contribution in [3.63, 3.8) is 0 Å². The van der Waals surface area contributed by atoms with Crippen molar-refractivity contribution < 1.29 is 8.78 Å². The van der Waals surface area contributed by atoms with Crippen LogP contribution in [-0.2, 0) is 0 Å². The van der Waals surface area contributed by atoms with Crippen LogP contribution in [0.2, 0.25) is 0 Å². The summed E-state index contributed by atoms with van der Waals surface area (Å²) < 4.78 is 27.9. The van der Waals surface area contributed by atoms with Crippen LogP contribution in [0.1, 0.15) is 37.8 Å². The van der Waals surface area contributed by atoms with E-state index in [1.165, 1.54) is 0 Å². The summed E-state index contributed by atoms with van der Waals surface area (Å²) in [5.74, 6) is 0.164. The molecule has 2 aliphatic heterocycles. The van der Waals surface area contributed by atoms with Gasteiger partial charge in [0, 0.05) is 35.9 Å². The van der Waals surface area contributed by atoms with Crippen LogP contribution in [0.4, 0.5) is 20.4 Å². The number of rotatable bonds is 5. The molecule has 1 fully saturated rings. The molecular formula is C22H25F2N7. The number of nitrogens with zero attached hydrogens (tertiary/aromatic N) is 6. The lowest BCUT2D eigenvalue weighted by atomic mass is 9.97. The van der Waals surface area contributed by atoms with Gasteiger partial charge < -0.3 is 10.2 Å². The molecule has 31 heavy (non-hydrogen) atoms. The molecule has 0 aliphatic carbocycles. The van der Waals surface area contributed by atoms with E-state index in [2.05, 4.69) is 32.3 Å². The van der Waals surface area contributed by atoms with Crippen molar-refractivity contribution >= 4 is 22.9 Å². The van der Waals surface area contributed by atoms with Gasteiger partial charge in [0.05, 0.1) is 28.8 Å². The lowest BCUT2D eigenvalue weighted by Gasteiger charge is -2.29. The van der Waals surface area contributed by atoms with Crippen LogP contribution in [0.5, 0.6) is 0 Å². The number of aliphatic imine (C=N–C) groups is 1. The van der Waals surface area contributed by atoms with Gasteiger partial charge in [0.25, 0.3) is 0 Å². The second-order valence-corrected chi connectivity index (χ2v) is 8.40. The molecule has 2 aliphatic rings. The van der Waals surface area contributed by atoms with Gasteiger partial charge in [0.2, 0.25) is 12.4 Å². The molecule has 0 aromatic carbocycles. The Kier molecular flexibility index (Phi) is 5.13. The van der Waals surface area contributed by atoms with E-state index in [1.54, 1.807) is 17.6 Å². The smallest absolute Gasteiger partial charge is 0.241 e. The minimum absolute atomic E-state index is 0.260. The summed E-state index contributed by atoms with van der Waals surface area (Å²) in [5, 5.41) is 8.04. The van der Waals surface area contributed by atoms with E-state index in [9.17, 15) is 8.78 Å². The van der Waals surface area contributed by atoms with Gasteiger partial charge >= 0.3 is 0 Å². The molecule has 1 N–H and O–H groups in total. The van der Waals surface area contributed by atoms with Crippen LogP contribution >= 0.6 is 0 Å². The number of nitrogens with one attached hydrogen (secondary N) is 1. The Bertz CT molecular complexity index is 1130. The largest absolute Gasteiger partial charge is 0.350 e. The van der Waals surface area contributed by atoms with E-state index in [4.69, 9.17) is 4.98 Å². The number of anilines is 1. The third-order valence-electron chi connectivity index (χ3n) is 6.19. The van der Waals surface area contributed by atoms with Crippen molar-refractivity contribution in [1.29, 1.82) is 0 Å². The maximum absolute atomic E-state index is 13.1. The van der Waals surface area contributed by atoms with Crippen molar-refractivity contribution in [2.75, 3.05) is 25.5 Å². The molecule has 0 saturated carbocycles. The maximum Gasteiger partial charge on any atom is 0.241 e. The van der Waals surface area contributed by atoms with Gasteiger partial charge in [-0.1, -0.05) is 0 Å². The van der Waals surface area contributed by atoms with Crippen molar-refractivity contribution in [1.82, 2.24) is 24.5 Å². The first-order valence-corrected chi connectivity index (χ1v) is 10.6. The fourth-order valence-electron chi connectivity index (χ4n) is 4.41. The van der Waals surface area contributed by atoms with Crippen molar-refractivity contribution in [3.8, 4) is 11.3 Å². The normalized spacial score (nSPS) is 19.8. The molecule has 0 amide bonds. The molecule has 1 unspecified atom stereocenters. The van der Waals surface area contributed by atoms with Gasteiger partial charge in [-0.2, -0.15) is 0 Å². The van der Waals surface area contributed by atoms with E-state index in [0.717, 1.165) is 37.0 Å². The molecule has 1 saturated heterocycles. The first-order valence-electron chi connectivity index (χ1n) is 10.6. The summed E-state index contributed by atoms with van der Waals surface area (Å²) >= 11 is 0. The minimum Gasteiger partial charge on any atom is -0.350 e. The van der Waals surface area contributed by atoms with E-state index in [1.807, 2.05) is 24.4 Å². The van der Waals surface area contributed by atoms with Crippen LogP contribution < -0.4 is 5.32 Å². The highest BCUT2D eigenvalue weighted by Crippen LogP contribution is 2.39. The number of pyridine rings is 1. The zero-order chi connectivity index (χ0) is 21.5. The van der Waals surface area contributed by atoms with Gasteiger partial charge in [0.1, 0.15) is 0 Å². The maximum atomic E-state index is 13.1. The summed E-state index contributed by atoms with van der Waals surface area (Å²) in [5.41, 5.74) is 4.39. The molecule has 3 aromatic rings. The second-order valence-electron chi connectivity index (χ2n) is 8.40. The fraction of sp³-hybridized carbons (Fsp3) is 0.455. The molecule has 0 radical (unpaired) electrons. The third-order valence-corrected chi connectivity index (χ3v) is 6.19. The highest BCUT2D eigenvalue weighted by atomic mass is 19.3. The number of alkyl halides is 2. The zero-order valence-electron chi connectivity index (χ0n) is 17.6. The van der Waals surface area contributed by atoms with Crippen LogP contribution in [0.15, 0.2) is 35.6 Å². The van der Waals surface area contributed by atoms with Crippen molar-refractivity contribution in [3.05, 3.63) is 36.3 Å². The predicted octanol–water partition coefficient (Wildman–Crippen LogP) is 4.14. The molecular weight excluding hydrogens is 400 g/mol. The summed E-state index contributed by atoms with van der Waals surface area (Å²) in [6.45, 7) is 3.91. The van der Waals surface area contributed by atoms with Crippen molar-refractivity contribution in [2.24, 2.45) is 4.99 Å². The summed E-state index contributed by atoms with van der Waals surface area (Å²) in [6, 6.07) is 6.04. The lowest BCUT2D eigenvalue weighted by molar-refractivity contribution is 0.135. The second kappa shape index (κ2) is 7.96. The molecule has 5 heterocycles. The van der Waals surface area contributed by atoms with E-state index in [0.29, 0.717) is 34.8 Å². The standard InChI is InChI=1S/C22H25F2N7/c1-13-16(11-20(23)24)21-18(26-13)4-3-17(28-21)15-7-10-31-19(15)12-25-22(29-31)27-14-5-8-30(2)9-6-14/h3-4,7,10,12,14,16,20H,5-6,8-9,11H2,1-2H3,(H,27,29). The lowest BCUT2D eigenvalue weighted by Crippen LogP contribution is -2.37. The molecule has 0 bridgehead atoms. The van der Waals surface area contributed by atoms with Crippen LogP contribution in [0.25, 0.3) is 16.8 Å². The van der Waals surface area contributed by atoms with Crippen LogP contribution in [0, 0.1) is 0 Å². The first kappa shape index (κ1) is 20.0. The Morgan fingerprint density at radius 2 is 2.00 bits per heavy atom. The van der Waals surface area contributed by atoms with E-state index in [-0.39, 0.29) is 6.42 Å². The summed E-state index contributed by atoms with van der Waals surface area (Å²) in [7, 11) is 2.14. The molecule has 1 atom stereocenters. The minimum atomic E-state index is -2.40. The third kappa shape index (κ3) is 3.89. The SMILES string of the molecule is CC1=Nc2ccc(-c3ccn4nc(NC5CCN(C)CC5)ncc34)nc2C1CC(F)F. The van der Waals surface area contributed by atoms with Gasteiger partial charge in [-0.25, -0.2) is 23.3 Å². The van der Waals surface area contributed by atoms with Crippen LogP contribution in [-0.4, -0.2) is 62.8 Å². The van der Waals surface area contributed by atoms with Crippen molar-refractivity contribution in [2.45, 2.75) is 44.6 Å². The fourth-order valence-corrected chi connectivity index (χ4v) is 4.41. The Morgan fingerprint density at radius 3 is 2.77 bits per heavy atom.